The topological polar surface area (TPSA) is 59.2 Å². The van der Waals surface area contributed by atoms with Crippen LogP contribution in [0.4, 0.5) is 4.39 Å². The second-order valence-corrected chi connectivity index (χ2v) is 6.79. The van der Waals surface area contributed by atoms with E-state index in [2.05, 4.69) is 17.1 Å². The van der Waals surface area contributed by atoms with Crippen molar-refractivity contribution in [2.75, 3.05) is 6.54 Å². The molecule has 1 aliphatic carbocycles. The zero-order valence-electron chi connectivity index (χ0n) is 13.6. The highest BCUT2D eigenvalue weighted by Crippen LogP contribution is 2.42. The molecule has 2 aromatic rings. The smallest absolute Gasteiger partial charge is 0.250 e. The Bertz CT molecular complexity index is 760. The predicted octanol–water partition coefficient (Wildman–Crippen LogP) is 3.59. The minimum atomic E-state index is -0.393. The Kier molecular flexibility index (Phi) is 3.82. The van der Waals surface area contributed by atoms with Crippen LogP contribution in [0.1, 0.15) is 44.5 Å². The summed E-state index contributed by atoms with van der Waals surface area (Å²) in [6.07, 6.45) is 3.79. The zero-order valence-corrected chi connectivity index (χ0v) is 13.6. The molecular weight excluding hydrogens is 309 g/mol. The van der Waals surface area contributed by atoms with Crippen LogP contribution in [0, 0.1) is 17.7 Å². The van der Waals surface area contributed by atoms with Crippen LogP contribution in [0.2, 0.25) is 0 Å². The summed E-state index contributed by atoms with van der Waals surface area (Å²) in [5.41, 5.74) is 0.292. The first-order valence-corrected chi connectivity index (χ1v) is 8.54. The predicted molar refractivity (Wildman–Crippen MR) is 85.3 cm³/mol. The van der Waals surface area contributed by atoms with Crippen molar-refractivity contribution in [1.82, 2.24) is 15.1 Å². The Morgan fingerprint density at radius 2 is 2.08 bits per heavy atom. The van der Waals surface area contributed by atoms with Crippen LogP contribution in [0.15, 0.2) is 28.7 Å². The SMILES string of the molecule is CC1CC1C(=O)N1CCCCC1c1nnc(-c2ccccc2F)o1. The van der Waals surface area contributed by atoms with E-state index in [-0.39, 0.29) is 23.8 Å². The lowest BCUT2D eigenvalue weighted by Crippen LogP contribution is -2.39. The fourth-order valence-corrected chi connectivity index (χ4v) is 3.44. The van der Waals surface area contributed by atoms with Crippen LogP contribution < -0.4 is 0 Å². The Balaban J connectivity index is 1.60. The summed E-state index contributed by atoms with van der Waals surface area (Å²) in [5, 5.41) is 8.11. The Hall–Kier alpha value is -2.24. The molecule has 1 saturated heterocycles. The van der Waals surface area contributed by atoms with Crippen LogP contribution in [-0.2, 0) is 4.79 Å². The third kappa shape index (κ3) is 2.70. The number of hydrogen-bond acceptors (Lipinski definition) is 4. The number of rotatable bonds is 3. The van der Waals surface area contributed by atoms with E-state index in [1.807, 2.05) is 4.90 Å². The molecular formula is C18H20FN3O2. The summed E-state index contributed by atoms with van der Waals surface area (Å²) in [6.45, 7) is 2.83. The molecule has 1 aliphatic heterocycles. The van der Waals surface area contributed by atoms with Crippen LogP contribution in [0.3, 0.4) is 0 Å². The van der Waals surface area contributed by atoms with Gasteiger partial charge in [-0.3, -0.25) is 4.79 Å². The minimum Gasteiger partial charge on any atom is -0.418 e. The summed E-state index contributed by atoms with van der Waals surface area (Å²) in [7, 11) is 0. The lowest BCUT2D eigenvalue weighted by molar-refractivity contribution is -0.137. The summed E-state index contributed by atoms with van der Waals surface area (Å²) in [5.74, 6) is 0.987. The number of piperidine rings is 1. The molecule has 3 unspecified atom stereocenters. The average molecular weight is 329 g/mol. The summed E-state index contributed by atoms with van der Waals surface area (Å²) in [6, 6.07) is 6.14. The summed E-state index contributed by atoms with van der Waals surface area (Å²) >= 11 is 0. The fraction of sp³-hybridized carbons (Fsp3) is 0.500. The Labute approximate surface area is 139 Å². The lowest BCUT2D eigenvalue weighted by Gasteiger charge is -2.33. The summed E-state index contributed by atoms with van der Waals surface area (Å²) in [4.78, 5) is 14.5. The average Bonchev–Trinajstić information content (AvgIpc) is 3.14. The van der Waals surface area contributed by atoms with Crippen molar-refractivity contribution < 1.29 is 13.6 Å². The van der Waals surface area contributed by atoms with Gasteiger partial charge in [0.1, 0.15) is 11.9 Å². The molecule has 5 nitrogen and oxygen atoms in total. The van der Waals surface area contributed by atoms with Crippen molar-refractivity contribution in [3.63, 3.8) is 0 Å². The van der Waals surface area contributed by atoms with Crippen LogP contribution in [0.5, 0.6) is 0 Å². The van der Waals surface area contributed by atoms with Crippen molar-refractivity contribution in [1.29, 1.82) is 0 Å². The first-order valence-electron chi connectivity index (χ1n) is 8.54. The number of benzene rings is 1. The van der Waals surface area contributed by atoms with Crippen molar-refractivity contribution in [2.24, 2.45) is 11.8 Å². The molecule has 0 spiro atoms. The van der Waals surface area contributed by atoms with Crippen molar-refractivity contribution in [3.8, 4) is 11.5 Å². The molecule has 1 aromatic heterocycles. The largest absolute Gasteiger partial charge is 0.418 e. The number of nitrogens with zero attached hydrogens (tertiary/aromatic N) is 3. The number of likely N-dealkylation sites (tertiary alicyclic amines) is 1. The third-order valence-corrected chi connectivity index (χ3v) is 5.04. The first kappa shape index (κ1) is 15.3. The number of hydrogen-bond donors (Lipinski definition) is 0. The molecule has 0 radical (unpaired) electrons. The van der Waals surface area contributed by atoms with E-state index in [0.29, 0.717) is 17.4 Å². The number of carbonyl (C=O) groups is 1. The molecule has 24 heavy (non-hydrogen) atoms. The van der Waals surface area contributed by atoms with Crippen LogP contribution in [0.25, 0.3) is 11.5 Å². The minimum absolute atomic E-state index is 0.138. The maximum atomic E-state index is 13.9. The van der Waals surface area contributed by atoms with Gasteiger partial charge in [-0.2, -0.15) is 0 Å². The second-order valence-electron chi connectivity index (χ2n) is 6.79. The van der Waals surface area contributed by atoms with Gasteiger partial charge in [-0.25, -0.2) is 4.39 Å². The van der Waals surface area contributed by atoms with Gasteiger partial charge < -0.3 is 9.32 Å². The van der Waals surface area contributed by atoms with Crippen molar-refractivity contribution in [3.05, 3.63) is 36.0 Å². The van der Waals surface area contributed by atoms with E-state index in [1.54, 1.807) is 18.2 Å². The Morgan fingerprint density at radius 3 is 2.83 bits per heavy atom. The maximum Gasteiger partial charge on any atom is 0.250 e. The molecule has 6 heteroatoms. The molecule has 1 amide bonds. The zero-order chi connectivity index (χ0) is 16.7. The van der Waals surface area contributed by atoms with Gasteiger partial charge in [-0.1, -0.05) is 19.1 Å². The van der Waals surface area contributed by atoms with Gasteiger partial charge in [0.05, 0.1) is 5.56 Å². The molecule has 1 aromatic carbocycles. The van der Waals surface area contributed by atoms with E-state index >= 15 is 0 Å². The van der Waals surface area contributed by atoms with Gasteiger partial charge in [0, 0.05) is 12.5 Å². The molecule has 4 rings (SSSR count). The fourth-order valence-electron chi connectivity index (χ4n) is 3.44. The molecule has 2 heterocycles. The van der Waals surface area contributed by atoms with Gasteiger partial charge in [0.2, 0.25) is 11.8 Å². The standard InChI is InChI=1S/C18H20FN3O2/c1-11-10-13(11)18(23)22-9-5-4-8-15(22)17-21-20-16(24-17)12-6-2-3-7-14(12)19/h2-3,6-7,11,13,15H,4-5,8-10H2,1H3. The van der Waals surface area contributed by atoms with Gasteiger partial charge >= 0.3 is 0 Å². The number of halogens is 1. The monoisotopic (exact) mass is 329 g/mol. The molecule has 3 atom stereocenters. The maximum absolute atomic E-state index is 13.9. The highest BCUT2D eigenvalue weighted by atomic mass is 19.1. The van der Waals surface area contributed by atoms with Crippen molar-refractivity contribution >= 4 is 5.91 Å². The lowest BCUT2D eigenvalue weighted by atomic mass is 10.0. The van der Waals surface area contributed by atoms with Crippen molar-refractivity contribution in [2.45, 2.75) is 38.6 Å². The van der Waals surface area contributed by atoms with Crippen LogP contribution in [-0.4, -0.2) is 27.5 Å². The number of carbonyl (C=O) groups excluding carboxylic acids is 1. The molecule has 2 aliphatic rings. The molecule has 1 saturated carbocycles. The number of amides is 1. The molecule has 0 N–H and O–H groups in total. The number of aromatic nitrogens is 2. The van der Waals surface area contributed by atoms with E-state index < -0.39 is 5.82 Å². The Morgan fingerprint density at radius 1 is 1.29 bits per heavy atom. The third-order valence-electron chi connectivity index (χ3n) is 5.04. The highest BCUT2D eigenvalue weighted by molar-refractivity contribution is 5.82. The van der Waals surface area contributed by atoms with E-state index in [9.17, 15) is 9.18 Å². The highest BCUT2D eigenvalue weighted by Gasteiger charge is 2.44. The van der Waals surface area contributed by atoms with Crippen LogP contribution >= 0.6 is 0 Å². The van der Waals surface area contributed by atoms with Gasteiger partial charge in [-0.05, 0) is 43.7 Å². The molecule has 2 fully saturated rings. The van der Waals surface area contributed by atoms with Gasteiger partial charge in [0.25, 0.3) is 5.89 Å². The van der Waals surface area contributed by atoms with E-state index in [0.717, 1.165) is 32.2 Å². The second kappa shape index (κ2) is 6.00. The quantitative estimate of drug-likeness (QED) is 0.863. The van der Waals surface area contributed by atoms with E-state index in [1.165, 1.54) is 6.07 Å². The first-order chi connectivity index (χ1) is 11.6. The van der Waals surface area contributed by atoms with E-state index in [4.69, 9.17) is 4.42 Å². The van der Waals surface area contributed by atoms with Gasteiger partial charge in [0.15, 0.2) is 0 Å². The molecule has 126 valence electrons. The molecule has 0 bridgehead atoms. The van der Waals surface area contributed by atoms with Gasteiger partial charge in [-0.15, -0.1) is 10.2 Å². The normalized spacial score (nSPS) is 26.4. The summed E-state index contributed by atoms with van der Waals surface area (Å²) < 4.78 is 19.6.